The van der Waals surface area contributed by atoms with Crippen molar-refractivity contribution in [3.63, 3.8) is 0 Å². The number of rotatable bonds is 2. The zero-order valence-electron chi connectivity index (χ0n) is 22.4. The highest BCUT2D eigenvalue weighted by atomic mass is 16.6. The van der Waals surface area contributed by atoms with E-state index in [9.17, 15) is 9.59 Å². The first kappa shape index (κ1) is 27.6. The van der Waals surface area contributed by atoms with Gasteiger partial charge in [-0.25, -0.2) is 14.8 Å². The third-order valence-electron chi connectivity index (χ3n) is 5.45. The number of hydrogen-bond donors (Lipinski definition) is 2. The standard InChI is InChI=1S/C27H32N6O6/c1-27(2,3)39-26(35)33(4)16-17-6-5-7-20-23(17)38-11-9-36-8-10-37-19-12-18(13-29-14-19)21-15-30-24(28)22(31-21)25(34)32-20/h5-7,12-15H,8-11,16H2,1-4H3,(H2,28,30)(H,32,34). The van der Waals surface area contributed by atoms with Crippen LogP contribution >= 0.6 is 0 Å². The van der Waals surface area contributed by atoms with Crippen LogP contribution in [0.5, 0.6) is 11.5 Å². The summed E-state index contributed by atoms with van der Waals surface area (Å²) in [7, 11) is 1.62. The summed E-state index contributed by atoms with van der Waals surface area (Å²) in [6.45, 7) is 6.64. The summed E-state index contributed by atoms with van der Waals surface area (Å²) in [5, 5.41) is 2.83. The lowest BCUT2D eigenvalue weighted by Crippen LogP contribution is -2.34. The number of benzene rings is 1. The highest BCUT2D eigenvalue weighted by Crippen LogP contribution is 2.31. The van der Waals surface area contributed by atoms with Gasteiger partial charge in [0.1, 0.15) is 30.3 Å². The summed E-state index contributed by atoms with van der Waals surface area (Å²) in [6.07, 6.45) is 4.14. The molecule has 1 aliphatic heterocycles. The Morgan fingerprint density at radius 1 is 1.13 bits per heavy atom. The topological polar surface area (TPSA) is 151 Å². The Morgan fingerprint density at radius 2 is 1.90 bits per heavy atom. The highest BCUT2D eigenvalue weighted by molar-refractivity contribution is 6.06. The van der Waals surface area contributed by atoms with Gasteiger partial charge in [-0.15, -0.1) is 0 Å². The quantitative estimate of drug-likeness (QED) is 0.498. The number of hydrogen-bond acceptors (Lipinski definition) is 10. The summed E-state index contributed by atoms with van der Waals surface area (Å²) in [5.41, 5.74) is 7.35. The number of nitrogens with two attached hydrogens (primary N) is 1. The van der Waals surface area contributed by atoms with E-state index < -0.39 is 17.6 Å². The number of ether oxygens (including phenoxy) is 4. The van der Waals surface area contributed by atoms with E-state index in [1.807, 2.05) is 0 Å². The van der Waals surface area contributed by atoms with Crippen LogP contribution in [0, 0.1) is 0 Å². The Balaban J connectivity index is 1.67. The van der Waals surface area contributed by atoms with Gasteiger partial charge in [-0.05, 0) is 32.9 Å². The second-order valence-electron chi connectivity index (χ2n) is 9.79. The minimum Gasteiger partial charge on any atom is -0.490 e. The van der Waals surface area contributed by atoms with E-state index in [0.29, 0.717) is 47.2 Å². The van der Waals surface area contributed by atoms with Crippen molar-refractivity contribution in [1.29, 1.82) is 0 Å². The van der Waals surface area contributed by atoms with Crippen LogP contribution in [0.2, 0.25) is 0 Å². The van der Waals surface area contributed by atoms with Crippen molar-refractivity contribution in [1.82, 2.24) is 19.9 Å². The molecule has 0 unspecified atom stereocenters. The van der Waals surface area contributed by atoms with Crippen molar-refractivity contribution in [2.45, 2.75) is 32.9 Å². The van der Waals surface area contributed by atoms with Crippen LogP contribution in [-0.2, 0) is 16.0 Å². The van der Waals surface area contributed by atoms with Crippen molar-refractivity contribution in [2.24, 2.45) is 0 Å². The van der Waals surface area contributed by atoms with Crippen molar-refractivity contribution >= 4 is 23.5 Å². The molecule has 0 saturated heterocycles. The minimum atomic E-state index is -0.643. The smallest absolute Gasteiger partial charge is 0.410 e. The summed E-state index contributed by atoms with van der Waals surface area (Å²) < 4.78 is 22.9. The molecule has 1 aliphatic rings. The van der Waals surface area contributed by atoms with E-state index in [1.54, 1.807) is 64.5 Å². The molecule has 4 bridgehead atoms. The Hall–Kier alpha value is -4.45. The SMILES string of the molecule is CN(Cc1cccc2c1OCCOCCOc1cncc(c1)-c1cnc(N)c(n1)C(=O)N2)C(=O)OC(C)(C)C. The molecule has 0 atom stereocenters. The number of nitrogen functional groups attached to an aromatic ring is 1. The molecule has 12 nitrogen and oxygen atoms in total. The number of nitrogens with zero attached hydrogens (tertiary/aromatic N) is 4. The molecule has 39 heavy (non-hydrogen) atoms. The molecule has 0 aliphatic carbocycles. The zero-order chi connectivity index (χ0) is 28.0. The Kier molecular flexibility index (Phi) is 8.45. The van der Waals surface area contributed by atoms with Crippen LogP contribution in [0.15, 0.2) is 42.9 Å². The van der Waals surface area contributed by atoms with Gasteiger partial charge in [-0.2, -0.15) is 0 Å². The summed E-state index contributed by atoms with van der Waals surface area (Å²) in [6, 6.07) is 6.99. The van der Waals surface area contributed by atoms with Crippen LogP contribution < -0.4 is 20.5 Å². The first-order valence-corrected chi connectivity index (χ1v) is 12.4. The number of para-hydroxylation sites is 1. The van der Waals surface area contributed by atoms with Crippen LogP contribution in [0.4, 0.5) is 16.3 Å². The van der Waals surface area contributed by atoms with Gasteiger partial charge >= 0.3 is 6.09 Å². The number of anilines is 2. The largest absolute Gasteiger partial charge is 0.490 e. The molecule has 2 aromatic heterocycles. The maximum absolute atomic E-state index is 13.3. The predicted octanol–water partition coefficient (Wildman–Crippen LogP) is 3.53. The maximum atomic E-state index is 13.3. The number of amides is 2. The van der Waals surface area contributed by atoms with E-state index in [-0.39, 0.29) is 31.3 Å². The van der Waals surface area contributed by atoms with E-state index in [1.165, 1.54) is 11.1 Å². The molecule has 206 valence electrons. The van der Waals surface area contributed by atoms with Gasteiger partial charge < -0.3 is 34.9 Å². The number of aromatic nitrogens is 3. The lowest BCUT2D eigenvalue weighted by molar-refractivity contribution is 0.0283. The molecular formula is C27H32N6O6. The van der Waals surface area contributed by atoms with Gasteiger partial charge in [-0.3, -0.25) is 9.78 Å². The molecule has 2 amide bonds. The summed E-state index contributed by atoms with van der Waals surface area (Å²) in [4.78, 5) is 40.1. The van der Waals surface area contributed by atoms with Crippen molar-refractivity contribution in [3.05, 3.63) is 54.1 Å². The molecule has 0 saturated carbocycles. The molecule has 4 rings (SSSR count). The molecule has 3 aromatic rings. The zero-order valence-corrected chi connectivity index (χ0v) is 22.4. The average molecular weight is 537 g/mol. The number of carbonyl (C=O) groups is 2. The summed E-state index contributed by atoms with van der Waals surface area (Å²) >= 11 is 0. The number of carbonyl (C=O) groups excluding carboxylic acids is 2. The van der Waals surface area contributed by atoms with Crippen LogP contribution in [0.3, 0.4) is 0 Å². The van der Waals surface area contributed by atoms with E-state index >= 15 is 0 Å². The van der Waals surface area contributed by atoms with Crippen molar-refractivity contribution in [3.8, 4) is 22.8 Å². The molecule has 0 fully saturated rings. The van der Waals surface area contributed by atoms with Gasteiger partial charge in [0.15, 0.2) is 11.5 Å². The fourth-order valence-electron chi connectivity index (χ4n) is 3.69. The van der Waals surface area contributed by atoms with Gasteiger partial charge in [-0.1, -0.05) is 12.1 Å². The molecule has 0 radical (unpaired) electrons. The molecule has 3 heterocycles. The van der Waals surface area contributed by atoms with Crippen LogP contribution in [0.25, 0.3) is 11.3 Å². The first-order chi connectivity index (χ1) is 18.6. The molecule has 1 aromatic carbocycles. The first-order valence-electron chi connectivity index (χ1n) is 12.4. The van der Waals surface area contributed by atoms with E-state index in [2.05, 4.69) is 20.3 Å². The minimum absolute atomic E-state index is 0.0359. The van der Waals surface area contributed by atoms with E-state index in [0.717, 1.165) is 0 Å². The van der Waals surface area contributed by atoms with Crippen molar-refractivity contribution in [2.75, 3.05) is 44.5 Å². The van der Waals surface area contributed by atoms with Gasteiger partial charge in [0.25, 0.3) is 5.91 Å². The normalized spacial score (nSPS) is 14.1. The third kappa shape index (κ3) is 7.32. The molecular weight excluding hydrogens is 504 g/mol. The van der Waals surface area contributed by atoms with Crippen LogP contribution in [0.1, 0.15) is 36.8 Å². The Morgan fingerprint density at radius 3 is 2.67 bits per heavy atom. The fourth-order valence-corrected chi connectivity index (χ4v) is 3.69. The predicted molar refractivity (Wildman–Crippen MR) is 144 cm³/mol. The molecule has 12 heteroatoms. The van der Waals surface area contributed by atoms with Gasteiger partial charge in [0, 0.05) is 24.4 Å². The second-order valence-corrected chi connectivity index (χ2v) is 9.79. The second kappa shape index (κ2) is 11.9. The van der Waals surface area contributed by atoms with Gasteiger partial charge in [0.2, 0.25) is 0 Å². The Bertz CT molecular complexity index is 1340. The monoisotopic (exact) mass is 536 g/mol. The van der Waals surface area contributed by atoms with Gasteiger partial charge in [0.05, 0.1) is 43.5 Å². The lowest BCUT2D eigenvalue weighted by atomic mass is 10.1. The Labute approximate surface area is 226 Å². The highest BCUT2D eigenvalue weighted by Gasteiger charge is 2.23. The summed E-state index contributed by atoms with van der Waals surface area (Å²) in [5.74, 6) is 0.285. The number of nitrogens with one attached hydrogen (secondary N) is 1. The third-order valence-corrected chi connectivity index (χ3v) is 5.45. The number of fused-ring (bicyclic) bond motifs is 6. The lowest BCUT2D eigenvalue weighted by Gasteiger charge is -2.25. The molecule has 3 N–H and O–H groups in total. The van der Waals surface area contributed by atoms with E-state index in [4.69, 9.17) is 24.7 Å². The average Bonchev–Trinajstić information content (AvgIpc) is 2.88. The van der Waals surface area contributed by atoms with Crippen molar-refractivity contribution < 1.29 is 28.5 Å². The number of pyridine rings is 1. The maximum Gasteiger partial charge on any atom is 0.410 e. The van der Waals surface area contributed by atoms with Crippen LogP contribution in [-0.4, -0.2) is 70.9 Å². The molecule has 0 spiro atoms. The fraction of sp³-hybridized carbons (Fsp3) is 0.370.